The number of morpholine rings is 1. The van der Waals surface area contributed by atoms with Gasteiger partial charge in [-0.15, -0.1) is 0 Å². The second-order valence-electron chi connectivity index (χ2n) is 5.90. The molecule has 0 spiro atoms. The molecule has 1 heterocycles. The average molecular weight is 333 g/mol. The van der Waals surface area contributed by atoms with Crippen molar-refractivity contribution in [3.8, 4) is 5.75 Å². The van der Waals surface area contributed by atoms with Crippen LogP contribution in [0.5, 0.6) is 5.75 Å². The summed E-state index contributed by atoms with van der Waals surface area (Å²) in [5.41, 5.74) is 0.980. The normalized spacial score (nSPS) is 25.9. The molecule has 1 unspecified atom stereocenters. The highest BCUT2D eigenvalue weighted by Gasteiger charge is 2.24. The highest BCUT2D eigenvalue weighted by atomic mass is 35.5. The summed E-state index contributed by atoms with van der Waals surface area (Å²) in [6, 6.07) is 3.60. The van der Waals surface area contributed by atoms with E-state index in [1.54, 1.807) is 11.0 Å². The van der Waals surface area contributed by atoms with Gasteiger partial charge in [-0.25, -0.2) is 0 Å². The topological polar surface area (TPSA) is 22.9 Å². The third kappa shape index (κ3) is 5.03. The SMILES string of the molecule is Cc1cc(Cl)cc(Cl)c1OCCC[NH+]1C[C@@H](C)O[C@@H](C)C1. The number of hydrogen-bond donors (Lipinski definition) is 1. The van der Waals surface area contributed by atoms with Gasteiger partial charge in [0.25, 0.3) is 0 Å². The first-order chi connectivity index (χ1) is 9.95. The molecule has 1 aliphatic heterocycles. The van der Waals surface area contributed by atoms with E-state index in [4.69, 9.17) is 32.7 Å². The zero-order valence-electron chi connectivity index (χ0n) is 12.9. The molecule has 1 aromatic carbocycles. The van der Waals surface area contributed by atoms with Crippen molar-refractivity contribution in [3.05, 3.63) is 27.7 Å². The molecule has 2 rings (SSSR count). The van der Waals surface area contributed by atoms with Gasteiger partial charge in [-0.3, -0.25) is 0 Å². The van der Waals surface area contributed by atoms with E-state index in [2.05, 4.69) is 13.8 Å². The molecule has 1 fully saturated rings. The van der Waals surface area contributed by atoms with Crippen molar-refractivity contribution in [1.82, 2.24) is 0 Å². The minimum atomic E-state index is 0.345. The van der Waals surface area contributed by atoms with E-state index >= 15 is 0 Å². The molecule has 21 heavy (non-hydrogen) atoms. The maximum absolute atomic E-state index is 6.17. The maximum atomic E-state index is 6.17. The van der Waals surface area contributed by atoms with Crippen molar-refractivity contribution in [2.45, 2.75) is 39.4 Å². The van der Waals surface area contributed by atoms with E-state index in [0.29, 0.717) is 28.9 Å². The third-order valence-corrected chi connectivity index (χ3v) is 4.23. The van der Waals surface area contributed by atoms with Crippen LogP contribution in [-0.4, -0.2) is 38.4 Å². The van der Waals surface area contributed by atoms with Crippen LogP contribution in [0.3, 0.4) is 0 Å². The van der Waals surface area contributed by atoms with E-state index in [1.165, 1.54) is 0 Å². The van der Waals surface area contributed by atoms with E-state index < -0.39 is 0 Å². The lowest BCUT2D eigenvalue weighted by molar-refractivity contribution is -0.915. The smallest absolute Gasteiger partial charge is 0.140 e. The summed E-state index contributed by atoms with van der Waals surface area (Å²) in [5.74, 6) is 0.750. The van der Waals surface area contributed by atoms with Gasteiger partial charge in [-0.05, 0) is 38.5 Å². The number of quaternary nitrogens is 1. The molecule has 0 saturated carbocycles. The molecule has 118 valence electrons. The first kappa shape index (κ1) is 16.9. The lowest BCUT2D eigenvalue weighted by Gasteiger charge is -2.32. The summed E-state index contributed by atoms with van der Waals surface area (Å²) in [7, 11) is 0. The predicted octanol–water partition coefficient (Wildman–Crippen LogP) is 2.76. The number of rotatable bonds is 5. The Balaban J connectivity index is 1.77. The Morgan fingerprint density at radius 2 is 1.90 bits per heavy atom. The van der Waals surface area contributed by atoms with Gasteiger partial charge in [0.05, 0.1) is 18.2 Å². The Hall–Kier alpha value is -0.480. The average Bonchev–Trinajstić information content (AvgIpc) is 2.35. The molecule has 3 nitrogen and oxygen atoms in total. The van der Waals surface area contributed by atoms with Crippen molar-refractivity contribution in [1.29, 1.82) is 0 Å². The second kappa shape index (κ2) is 7.68. The van der Waals surface area contributed by atoms with Crippen LogP contribution in [0.15, 0.2) is 12.1 Å². The van der Waals surface area contributed by atoms with Crippen LogP contribution >= 0.6 is 23.2 Å². The van der Waals surface area contributed by atoms with Crippen LogP contribution in [-0.2, 0) is 4.74 Å². The Morgan fingerprint density at radius 3 is 2.52 bits per heavy atom. The molecule has 0 aliphatic carbocycles. The molecule has 1 aliphatic rings. The molecule has 3 atom stereocenters. The number of ether oxygens (including phenoxy) is 2. The highest BCUT2D eigenvalue weighted by molar-refractivity contribution is 6.35. The Morgan fingerprint density at radius 1 is 1.24 bits per heavy atom. The van der Waals surface area contributed by atoms with Crippen molar-refractivity contribution in [2.75, 3.05) is 26.2 Å². The molecule has 0 amide bonds. The molecule has 0 bridgehead atoms. The fraction of sp³-hybridized carbons (Fsp3) is 0.625. The Kier molecular flexibility index (Phi) is 6.18. The fourth-order valence-corrected chi connectivity index (χ4v) is 3.61. The number of aryl methyl sites for hydroxylation is 1. The summed E-state index contributed by atoms with van der Waals surface area (Å²) in [6.45, 7) is 10.2. The van der Waals surface area contributed by atoms with Crippen LogP contribution in [0.4, 0.5) is 0 Å². The van der Waals surface area contributed by atoms with Gasteiger partial charge in [0.1, 0.15) is 31.0 Å². The zero-order valence-corrected chi connectivity index (χ0v) is 14.4. The van der Waals surface area contributed by atoms with Gasteiger partial charge in [0.2, 0.25) is 0 Å². The van der Waals surface area contributed by atoms with E-state index in [-0.39, 0.29) is 0 Å². The lowest BCUT2D eigenvalue weighted by atomic mass is 10.2. The maximum Gasteiger partial charge on any atom is 0.140 e. The van der Waals surface area contributed by atoms with Gasteiger partial charge in [-0.1, -0.05) is 23.2 Å². The van der Waals surface area contributed by atoms with E-state index in [9.17, 15) is 0 Å². The zero-order chi connectivity index (χ0) is 15.4. The van der Waals surface area contributed by atoms with Crippen LogP contribution in [0.25, 0.3) is 0 Å². The van der Waals surface area contributed by atoms with Crippen molar-refractivity contribution in [2.24, 2.45) is 0 Å². The summed E-state index contributed by atoms with van der Waals surface area (Å²) in [4.78, 5) is 1.59. The molecular formula is C16H24Cl2NO2+. The van der Waals surface area contributed by atoms with E-state index in [0.717, 1.165) is 37.4 Å². The van der Waals surface area contributed by atoms with Crippen molar-refractivity contribution < 1.29 is 14.4 Å². The number of hydrogen-bond acceptors (Lipinski definition) is 2. The molecular weight excluding hydrogens is 309 g/mol. The van der Waals surface area contributed by atoms with Crippen molar-refractivity contribution >= 4 is 23.2 Å². The van der Waals surface area contributed by atoms with Crippen LogP contribution in [0, 0.1) is 6.92 Å². The molecule has 1 aromatic rings. The van der Waals surface area contributed by atoms with Gasteiger partial charge < -0.3 is 14.4 Å². The van der Waals surface area contributed by atoms with Gasteiger partial charge in [0, 0.05) is 11.4 Å². The molecule has 5 heteroatoms. The summed E-state index contributed by atoms with van der Waals surface area (Å²) in [5, 5.41) is 1.23. The first-order valence-corrected chi connectivity index (χ1v) is 8.28. The molecule has 1 saturated heterocycles. The van der Waals surface area contributed by atoms with Gasteiger partial charge in [0.15, 0.2) is 0 Å². The second-order valence-corrected chi connectivity index (χ2v) is 6.74. The predicted molar refractivity (Wildman–Crippen MR) is 86.9 cm³/mol. The summed E-state index contributed by atoms with van der Waals surface area (Å²) < 4.78 is 11.6. The van der Waals surface area contributed by atoms with Crippen molar-refractivity contribution in [3.63, 3.8) is 0 Å². The monoisotopic (exact) mass is 332 g/mol. The molecule has 1 N–H and O–H groups in total. The summed E-state index contributed by atoms with van der Waals surface area (Å²) >= 11 is 12.1. The summed E-state index contributed by atoms with van der Waals surface area (Å²) in [6.07, 6.45) is 1.70. The third-order valence-electron chi connectivity index (χ3n) is 3.73. The van der Waals surface area contributed by atoms with Crippen LogP contribution < -0.4 is 9.64 Å². The Labute approximate surface area is 137 Å². The first-order valence-electron chi connectivity index (χ1n) is 7.53. The standard InChI is InChI=1S/C16H23Cl2NO2/c1-11-7-14(17)8-15(18)16(11)20-6-4-5-19-9-12(2)21-13(3)10-19/h7-8,12-13H,4-6,9-10H2,1-3H3/p+1/t12-,13+. The number of nitrogens with one attached hydrogen (secondary N) is 1. The Bertz CT molecular complexity index is 448. The highest BCUT2D eigenvalue weighted by Crippen LogP contribution is 2.31. The minimum Gasteiger partial charge on any atom is -0.492 e. The number of benzene rings is 1. The molecule has 0 aromatic heterocycles. The van der Waals surface area contributed by atoms with Gasteiger partial charge in [-0.2, -0.15) is 0 Å². The molecule has 0 radical (unpaired) electrons. The minimum absolute atomic E-state index is 0.345. The lowest BCUT2D eigenvalue weighted by Crippen LogP contribution is -3.15. The number of halogens is 2. The van der Waals surface area contributed by atoms with Crippen LogP contribution in [0.2, 0.25) is 10.0 Å². The largest absolute Gasteiger partial charge is 0.492 e. The quantitative estimate of drug-likeness (QED) is 0.838. The van der Waals surface area contributed by atoms with Gasteiger partial charge >= 0.3 is 0 Å². The van der Waals surface area contributed by atoms with E-state index in [1.807, 2.05) is 13.0 Å². The fourth-order valence-electron chi connectivity index (χ4n) is 2.96. The van der Waals surface area contributed by atoms with Crippen LogP contribution in [0.1, 0.15) is 25.8 Å².